The zero-order valence-electron chi connectivity index (χ0n) is 10.9. The fourth-order valence-electron chi connectivity index (χ4n) is 1.64. The summed E-state index contributed by atoms with van der Waals surface area (Å²) in [5.74, 6) is -0.0668. The van der Waals surface area contributed by atoms with Crippen LogP contribution in [0.5, 0.6) is 0 Å². The van der Waals surface area contributed by atoms with Crippen molar-refractivity contribution >= 4 is 27.5 Å². The van der Waals surface area contributed by atoms with E-state index in [9.17, 15) is 4.79 Å². The average Bonchev–Trinajstić information content (AvgIpc) is 2.37. The van der Waals surface area contributed by atoms with Crippen LogP contribution in [0, 0.1) is 0 Å². The van der Waals surface area contributed by atoms with Gasteiger partial charge in [-0.05, 0) is 47.2 Å². The Morgan fingerprint density at radius 3 is 2.61 bits per heavy atom. The minimum absolute atomic E-state index is 0.0668. The summed E-state index contributed by atoms with van der Waals surface area (Å²) in [6.07, 6.45) is 0. The highest BCUT2D eigenvalue weighted by Crippen LogP contribution is 2.20. The predicted octanol–water partition coefficient (Wildman–Crippen LogP) is 2.10. The second-order valence-corrected chi connectivity index (χ2v) is 4.87. The van der Waals surface area contributed by atoms with Gasteiger partial charge in [-0.3, -0.25) is 4.79 Å². The Morgan fingerprint density at radius 1 is 1.39 bits per heavy atom. The number of carbonyl (C=O) groups excluding carboxylic acids is 1. The third kappa shape index (κ3) is 4.31. The van der Waals surface area contributed by atoms with E-state index in [0.29, 0.717) is 17.8 Å². The predicted molar refractivity (Wildman–Crippen MR) is 78.7 cm³/mol. The summed E-state index contributed by atoms with van der Waals surface area (Å²) in [5, 5.41) is 2.90. The molecule has 1 amide bonds. The lowest BCUT2D eigenvalue weighted by Crippen LogP contribution is -2.34. The molecule has 0 spiro atoms. The molecule has 1 aromatic carbocycles. The first-order valence-electron chi connectivity index (χ1n) is 6.14. The smallest absolute Gasteiger partial charge is 0.251 e. The van der Waals surface area contributed by atoms with E-state index in [0.717, 1.165) is 24.1 Å². The number of halogens is 1. The summed E-state index contributed by atoms with van der Waals surface area (Å²) in [7, 11) is 0. The van der Waals surface area contributed by atoms with Crippen LogP contribution in [0.1, 0.15) is 24.2 Å². The second-order valence-electron chi connectivity index (χ2n) is 4.02. The maximum absolute atomic E-state index is 11.9. The van der Waals surface area contributed by atoms with E-state index < -0.39 is 0 Å². The number of amides is 1. The van der Waals surface area contributed by atoms with Crippen LogP contribution < -0.4 is 11.1 Å². The van der Waals surface area contributed by atoms with Gasteiger partial charge in [0.25, 0.3) is 5.91 Å². The molecule has 0 aromatic heterocycles. The number of nitrogens with one attached hydrogen (secondary N) is 1. The summed E-state index contributed by atoms with van der Waals surface area (Å²) in [6.45, 7) is 7.75. The van der Waals surface area contributed by atoms with Crippen LogP contribution >= 0.6 is 15.9 Å². The molecule has 0 unspecified atom stereocenters. The van der Waals surface area contributed by atoms with Crippen molar-refractivity contribution in [3.63, 3.8) is 0 Å². The van der Waals surface area contributed by atoms with Gasteiger partial charge in [-0.2, -0.15) is 0 Å². The quantitative estimate of drug-likeness (QED) is 0.791. The van der Waals surface area contributed by atoms with Crippen LogP contribution in [0.4, 0.5) is 5.69 Å². The molecule has 1 rings (SSSR count). The molecule has 0 aliphatic rings. The lowest BCUT2D eigenvalue weighted by molar-refractivity contribution is 0.0949. The van der Waals surface area contributed by atoms with Gasteiger partial charge in [0.1, 0.15) is 0 Å². The number of nitrogen functional groups attached to an aromatic ring is 1. The van der Waals surface area contributed by atoms with Gasteiger partial charge < -0.3 is 16.0 Å². The molecule has 4 nitrogen and oxygen atoms in total. The lowest BCUT2D eigenvalue weighted by atomic mass is 10.2. The topological polar surface area (TPSA) is 58.4 Å². The van der Waals surface area contributed by atoms with Gasteiger partial charge in [-0.1, -0.05) is 13.8 Å². The number of rotatable bonds is 6. The van der Waals surface area contributed by atoms with Gasteiger partial charge in [-0.15, -0.1) is 0 Å². The molecule has 0 heterocycles. The van der Waals surface area contributed by atoms with Gasteiger partial charge >= 0.3 is 0 Å². The maximum atomic E-state index is 11.9. The first-order chi connectivity index (χ1) is 8.58. The number of nitrogens with zero attached hydrogens (tertiary/aromatic N) is 1. The van der Waals surface area contributed by atoms with Crippen molar-refractivity contribution in [2.45, 2.75) is 13.8 Å². The summed E-state index contributed by atoms with van der Waals surface area (Å²) in [4.78, 5) is 14.1. The Kier molecular flexibility index (Phi) is 6.15. The van der Waals surface area contributed by atoms with E-state index in [1.54, 1.807) is 18.2 Å². The normalized spacial score (nSPS) is 10.7. The second kappa shape index (κ2) is 7.38. The Labute approximate surface area is 117 Å². The fourth-order valence-corrected chi connectivity index (χ4v) is 2.02. The number of anilines is 1. The Bertz CT molecular complexity index is 405. The van der Waals surface area contributed by atoms with E-state index in [4.69, 9.17) is 5.73 Å². The molecule has 0 aliphatic heterocycles. The third-order valence-electron chi connectivity index (χ3n) is 2.87. The van der Waals surface area contributed by atoms with Crippen LogP contribution in [0.25, 0.3) is 0 Å². The minimum Gasteiger partial charge on any atom is -0.398 e. The van der Waals surface area contributed by atoms with Crippen LogP contribution in [0.3, 0.4) is 0 Å². The molecule has 0 saturated carbocycles. The molecular weight excluding hydrogens is 294 g/mol. The van der Waals surface area contributed by atoms with Crippen molar-refractivity contribution in [1.82, 2.24) is 10.2 Å². The van der Waals surface area contributed by atoms with E-state index >= 15 is 0 Å². The Morgan fingerprint density at radius 2 is 2.06 bits per heavy atom. The first kappa shape index (κ1) is 15.0. The summed E-state index contributed by atoms with van der Waals surface area (Å²) < 4.78 is 0.749. The monoisotopic (exact) mass is 313 g/mol. The van der Waals surface area contributed by atoms with E-state index in [1.807, 2.05) is 0 Å². The molecule has 3 N–H and O–H groups in total. The lowest BCUT2D eigenvalue weighted by Gasteiger charge is -2.18. The van der Waals surface area contributed by atoms with Gasteiger partial charge in [0.2, 0.25) is 0 Å². The Balaban J connectivity index is 2.48. The van der Waals surface area contributed by atoms with E-state index in [2.05, 4.69) is 40.0 Å². The highest BCUT2D eigenvalue weighted by molar-refractivity contribution is 9.10. The average molecular weight is 314 g/mol. The van der Waals surface area contributed by atoms with Crippen LogP contribution in [0.2, 0.25) is 0 Å². The molecule has 0 fully saturated rings. The van der Waals surface area contributed by atoms with Gasteiger partial charge in [-0.25, -0.2) is 0 Å². The molecule has 100 valence electrons. The highest BCUT2D eigenvalue weighted by atomic mass is 79.9. The van der Waals surface area contributed by atoms with Crippen molar-refractivity contribution in [1.29, 1.82) is 0 Å². The molecular formula is C13H20BrN3O. The summed E-state index contributed by atoms with van der Waals surface area (Å²) in [6, 6.07) is 5.19. The van der Waals surface area contributed by atoms with Crippen molar-refractivity contribution in [2.24, 2.45) is 0 Å². The molecule has 1 aromatic rings. The molecule has 18 heavy (non-hydrogen) atoms. The zero-order valence-corrected chi connectivity index (χ0v) is 12.5. The molecule has 0 radical (unpaired) electrons. The van der Waals surface area contributed by atoms with Crippen molar-refractivity contribution in [2.75, 3.05) is 31.9 Å². The van der Waals surface area contributed by atoms with Crippen LogP contribution in [-0.4, -0.2) is 37.0 Å². The van der Waals surface area contributed by atoms with E-state index in [1.165, 1.54) is 0 Å². The zero-order chi connectivity index (χ0) is 13.5. The SMILES string of the molecule is CCN(CC)CCNC(=O)c1ccc(N)c(Br)c1. The standard InChI is InChI=1S/C13H20BrN3O/c1-3-17(4-2)8-7-16-13(18)10-5-6-12(15)11(14)9-10/h5-6,9H,3-4,7-8,15H2,1-2H3,(H,16,18). The number of nitrogens with two attached hydrogens (primary N) is 1. The summed E-state index contributed by atoms with van der Waals surface area (Å²) >= 11 is 3.31. The number of hydrogen-bond acceptors (Lipinski definition) is 3. The fraction of sp³-hybridized carbons (Fsp3) is 0.462. The molecule has 0 bridgehead atoms. The van der Waals surface area contributed by atoms with Crippen molar-refractivity contribution in [3.8, 4) is 0 Å². The molecule has 0 aliphatic carbocycles. The largest absolute Gasteiger partial charge is 0.398 e. The van der Waals surface area contributed by atoms with Crippen molar-refractivity contribution < 1.29 is 4.79 Å². The Hall–Kier alpha value is -1.07. The summed E-state index contributed by atoms with van der Waals surface area (Å²) in [5.41, 5.74) is 6.93. The van der Waals surface area contributed by atoms with Crippen molar-refractivity contribution in [3.05, 3.63) is 28.2 Å². The first-order valence-corrected chi connectivity index (χ1v) is 6.93. The van der Waals surface area contributed by atoms with Crippen LogP contribution in [0.15, 0.2) is 22.7 Å². The number of benzene rings is 1. The van der Waals surface area contributed by atoms with Gasteiger partial charge in [0.05, 0.1) is 0 Å². The third-order valence-corrected chi connectivity index (χ3v) is 3.56. The number of hydrogen-bond donors (Lipinski definition) is 2. The molecule has 0 atom stereocenters. The van der Waals surface area contributed by atoms with E-state index in [-0.39, 0.29) is 5.91 Å². The molecule has 5 heteroatoms. The number of carbonyl (C=O) groups is 1. The van der Waals surface area contributed by atoms with Gasteiger partial charge in [0.15, 0.2) is 0 Å². The molecule has 0 saturated heterocycles. The van der Waals surface area contributed by atoms with Gasteiger partial charge in [0, 0.05) is 28.8 Å². The minimum atomic E-state index is -0.0668. The van der Waals surface area contributed by atoms with Crippen LogP contribution in [-0.2, 0) is 0 Å². The highest BCUT2D eigenvalue weighted by Gasteiger charge is 2.07. The number of likely N-dealkylation sites (N-methyl/N-ethyl adjacent to an activating group) is 1. The maximum Gasteiger partial charge on any atom is 0.251 e.